The van der Waals surface area contributed by atoms with Crippen molar-refractivity contribution in [3.8, 4) is 11.5 Å². The molecule has 4 atom stereocenters. The van der Waals surface area contributed by atoms with Crippen LogP contribution in [-0.4, -0.2) is 71.7 Å². The van der Waals surface area contributed by atoms with E-state index >= 15 is 0 Å². The van der Waals surface area contributed by atoms with Crippen molar-refractivity contribution in [2.75, 3.05) is 20.3 Å². The molecular weight excluding hydrogens is 516 g/mol. The maximum Gasteiger partial charge on any atom is 0.247 e. The molecule has 2 amide bonds. The molecule has 5 rings (SSSR count). The zero-order valence-corrected chi connectivity index (χ0v) is 22.6. The Kier molecular flexibility index (Phi) is 8.56. The molecule has 40 heavy (non-hydrogen) atoms. The molecule has 1 fully saturated rings. The number of aliphatic hydroxyl groups excluding tert-OH is 2. The van der Waals surface area contributed by atoms with E-state index in [9.17, 15) is 24.6 Å². The Morgan fingerprint density at radius 1 is 1.25 bits per heavy atom. The maximum absolute atomic E-state index is 13.7. The quantitative estimate of drug-likeness (QED) is 0.362. The summed E-state index contributed by atoms with van der Waals surface area (Å²) in [5.41, 5.74) is 1.94. The summed E-state index contributed by atoms with van der Waals surface area (Å²) in [7, 11) is 1.45. The molecule has 2 heterocycles. The number of aldehydes is 1. The Bertz CT molecular complexity index is 1250. The van der Waals surface area contributed by atoms with E-state index in [4.69, 9.17) is 13.9 Å². The topological polar surface area (TPSA) is 139 Å². The molecular formula is C30H36N2O8. The second-order valence-electron chi connectivity index (χ2n) is 10.7. The van der Waals surface area contributed by atoms with Crippen molar-refractivity contribution in [3.63, 3.8) is 0 Å². The first kappa shape index (κ1) is 27.9. The van der Waals surface area contributed by atoms with Gasteiger partial charge in [0.05, 0.1) is 38.2 Å². The molecule has 1 aromatic carbocycles. The fourth-order valence-corrected chi connectivity index (χ4v) is 6.27. The van der Waals surface area contributed by atoms with Crippen molar-refractivity contribution < 1.29 is 38.5 Å². The molecule has 0 bridgehead atoms. The van der Waals surface area contributed by atoms with E-state index in [0.717, 1.165) is 24.8 Å². The van der Waals surface area contributed by atoms with Gasteiger partial charge in [-0.1, -0.05) is 25.7 Å². The lowest BCUT2D eigenvalue weighted by Crippen LogP contribution is -2.55. The van der Waals surface area contributed by atoms with Gasteiger partial charge in [-0.2, -0.15) is 0 Å². The van der Waals surface area contributed by atoms with E-state index in [1.54, 1.807) is 35.4 Å². The zero-order valence-electron chi connectivity index (χ0n) is 22.6. The number of carbonyl (C=O) groups excluding carboxylic acids is 3. The number of ether oxygens (including phenoxy) is 2. The van der Waals surface area contributed by atoms with Gasteiger partial charge in [0.2, 0.25) is 11.8 Å². The van der Waals surface area contributed by atoms with E-state index in [1.165, 1.54) is 26.2 Å². The number of nitrogens with one attached hydrogen (secondary N) is 1. The van der Waals surface area contributed by atoms with E-state index in [2.05, 4.69) is 5.32 Å². The fourth-order valence-electron chi connectivity index (χ4n) is 6.27. The van der Waals surface area contributed by atoms with Crippen LogP contribution in [0.25, 0.3) is 0 Å². The van der Waals surface area contributed by atoms with Crippen molar-refractivity contribution in [2.45, 2.75) is 69.2 Å². The van der Waals surface area contributed by atoms with E-state index < -0.39 is 30.1 Å². The van der Waals surface area contributed by atoms with Gasteiger partial charge in [0.1, 0.15) is 18.5 Å². The monoisotopic (exact) mass is 552 g/mol. The fraction of sp³-hybridized carbons (Fsp3) is 0.500. The van der Waals surface area contributed by atoms with Crippen molar-refractivity contribution in [2.24, 2.45) is 5.92 Å². The lowest BCUT2D eigenvalue weighted by atomic mass is 9.77. The number of fused-ring (bicyclic) bond motifs is 3. The summed E-state index contributed by atoms with van der Waals surface area (Å²) in [4.78, 5) is 40.4. The van der Waals surface area contributed by atoms with Crippen molar-refractivity contribution in [1.82, 2.24) is 10.2 Å². The molecule has 0 radical (unpaired) electrons. The summed E-state index contributed by atoms with van der Waals surface area (Å²) in [5, 5.41) is 23.8. The molecule has 0 saturated heterocycles. The second kappa shape index (κ2) is 12.3. The third kappa shape index (κ3) is 5.51. The van der Waals surface area contributed by atoms with Gasteiger partial charge in [-0.05, 0) is 36.6 Å². The smallest absolute Gasteiger partial charge is 0.247 e. The second-order valence-corrected chi connectivity index (χ2v) is 10.7. The highest BCUT2D eigenvalue weighted by molar-refractivity contribution is 5.96. The normalized spacial score (nSPS) is 23.5. The van der Waals surface area contributed by atoms with Crippen molar-refractivity contribution >= 4 is 18.1 Å². The largest absolute Gasteiger partial charge is 0.493 e. The highest BCUT2D eigenvalue weighted by atomic mass is 16.5. The molecule has 10 heteroatoms. The zero-order chi connectivity index (χ0) is 28.2. The number of carbonyl (C=O) groups is 3. The highest BCUT2D eigenvalue weighted by Crippen LogP contribution is 2.51. The summed E-state index contributed by atoms with van der Waals surface area (Å²) >= 11 is 0. The van der Waals surface area contributed by atoms with Gasteiger partial charge >= 0.3 is 0 Å². The predicted molar refractivity (Wildman–Crippen MR) is 144 cm³/mol. The Morgan fingerprint density at radius 3 is 2.73 bits per heavy atom. The number of furan rings is 1. The predicted octanol–water partition coefficient (Wildman–Crippen LogP) is 2.72. The van der Waals surface area contributed by atoms with Crippen LogP contribution in [0.4, 0.5) is 0 Å². The third-order valence-electron chi connectivity index (χ3n) is 8.27. The van der Waals surface area contributed by atoms with Gasteiger partial charge in [0.15, 0.2) is 11.5 Å². The van der Waals surface area contributed by atoms with Crippen LogP contribution in [0, 0.1) is 5.92 Å². The van der Waals surface area contributed by atoms with Crippen LogP contribution in [-0.2, 0) is 16.1 Å². The van der Waals surface area contributed by atoms with Gasteiger partial charge in [-0.15, -0.1) is 0 Å². The minimum Gasteiger partial charge on any atom is -0.493 e. The number of amides is 2. The molecule has 3 N–H and O–H groups in total. The molecule has 1 saturated carbocycles. The molecule has 4 unspecified atom stereocenters. The summed E-state index contributed by atoms with van der Waals surface area (Å²) in [6.45, 7) is -0.0282. The van der Waals surface area contributed by atoms with E-state index in [0.29, 0.717) is 46.8 Å². The number of aliphatic hydroxyl groups is 2. The number of methoxy groups -OCH3 is 1. The molecule has 2 aromatic rings. The molecule has 214 valence electrons. The first-order valence-electron chi connectivity index (χ1n) is 13.9. The van der Waals surface area contributed by atoms with Crippen molar-refractivity contribution in [1.29, 1.82) is 0 Å². The van der Waals surface area contributed by atoms with Crippen LogP contribution in [0.1, 0.15) is 65.9 Å². The number of hydrogen-bond donors (Lipinski definition) is 3. The van der Waals surface area contributed by atoms with E-state index in [-0.39, 0.29) is 25.6 Å². The minimum atomic E-state index is -1.18. The summed E-state index contributed by atoms with van der Waals surface area (Å²) in [6.07, 6.45) is 9.02. The Morgan fingerprint density at radius 2 is 2.05 bits per heavy atom. The Labute approximate surface area is 232 Å². The first-order valence-corrected chi connectivity index (χ1v) is 13.9. The molecule has 2 aliphatic carbocycles. The van der Waals surface area contributed by atoms with Crippen LogP contribution in [0.5, 0.6) is 11.5 Å². The maximum atomic E-state index is 13.7. The number of rotatable bonds is 11. The van der Waals surface area contributed by atoms with Gasteiger partial charge in [0.25, 0.3) is 0 Å². The lowest BCUT2D eigenvalue weighted by Gasteiger charge is -2.40. The van der Waals surface area contributed by atoms with Crippen LogP contribution >= 0.6 is 0 Å². The van der Waals surface area contributed by atoms with Gasteiger partial charge in [0, 0.05) is 41.8 Å². The lowest BCUT2D eigenvalue weighted by molar-refractivity contribution is -0.138. The Balaban J connectivity index is 1.53. The number of nitrogens with zero attached hydrogens (tertiary/aromatic N) is 1. The molecule has 1 aromatic heterocycles. The van der Waals surface area contributed by atoms with Crippen molar-refractivity contribution in [3.05, 3.63) is 59.1 Å². The molecule has 3 aliphatic rings. The van der Waals surface area contributed by atoms with Crippen LogP contribution in [0.3, 0.4) is 0 Å². The van der Waals surface area contributed by atoms with Gasteiger partial charge < -0.3 is 34.3 Å². The summed E-state index contributed by atoms with van der Waals surface area (Å²) in [5.74, 6) is -0.109. The van der Waals surface area contributed by atoms with Gasteiger partial charge in [-0.3, -0.25) is 14.4 Å². The highest BCUT2D eigenvalue weighted by Gasteiger charge is 2.51. The number of hydrogen-bond acceptors (Lipinski definition) is 8. The summed E-state index contributed by atoms with van der Waals surface area (Å²) in [6, 6.07) is 4.07. The summed E-state index contributed by atoms with van der Waals surface area (Å²) < 4.78 is 17.0. The third-order valence-corrected chi connectivity index (χ3v) is 8.27. The van der Waals surface area contributed by atoms with E-state index in [1.807, 2.05) is 0 Å². The molecule has 1 aliphatic heterocycles. The number of benzene rings is 1. The van der Waals surface area contributed by atoms with Gasteiger partial charge in [-0.25, -0.2) is 0 Å². The average molecular weight is 553 g/mol. The Hall–Kier alpha value is -3.63. The first-order chi connectivity index (χ1) is 19.4. The molecule has 0 spiro atoms. The molecule has 10 nitrogen and oxygen atoms in total. The van der Waals surface area contributed by atoms with Crippen LogP contribution < -0.4 is 14.8 Å². The van der Waals surface area contributed by atoms with Crippen LogP contribution in [0.2, 0.25) is 0 Å². The standard InChI is InChI=1S/C30H36N2O8/c1-38-24-13-20(16-34)12-21-26-22(30(37)31-9-10-33)14-23(27(36)29(26)40-28(21)24)32(15-19-8-11-39-17-19)25(35)7-6-18-4-2-3-5-18/h8,11-14,16-18,23,26-27,29,33,36H,2-7,9-10,15H2,1H3,(H,31,37). The SMILES string of the molecule is COc1cc(C=O)cc2c1OC1C2C(C(=O)NCCO)=CC(N(Cc2ccoc2)C(=O)CCC2CCCC2)C1O. The van der Waals surface area contributed by atoms with Crippen LogP contribution in [0.15, 0.2) is 46.8 Å². The average Bonchev–Trinajstić information content (AvgIpc) is 3.75. The minimum absolute atomic E-state index is 0.0330.